The van der Waals surface area contributed by atoms with Gasteiger partial charge in [-0.15, -0.1) is 0 Å². The molecular formula is C23H30ClN5O. The zero-order chi connectivity index (χ0) is 20.8. The molecule has 2 aromatic heterocycles. The molecule has 4 rings (SSSR count). The zero-order valence-electron chi connectivity index (χ0n) is 17.4. The highest BCUT2D eigenvalue weighted by atomic mass is 35.5. The molecule has 6 nitrogen and oxygen atoms in total. The number of pyridine rings is 1. The summed E-state index contributed by atoms with van der Waals surface area (Å²) < 4.78 is 0. The number of carbonyl (C=O) groups is 1. The zero-order valence-corrected chi connectivity index (χ0v) is 18.1. The van der Waals surface area contributed by atoms with Gasteiger partial charge in [-0.1, -0.05) is 30.9 Å². The maximum atomic E-state index is 12.6. The average Bonchev–Trinajstić information content (AvgIpc) is 2.80. The highest BCUT2D eigenvalue weighted by Crippen LogP contribution is 2.28. The van der Waals surface area contributed by atoms with E-state index in [4.69, 9.17) is 16.6 Å². The number of hydrogen-bond acceptors (Lipinski definition) is 6. The number of hydrogen-bond donors (Lipinski definition) is 2. The molecule has 0 spiro atoms. The van der Waals surface area contributed by atoms with Crippen molar-refractivity contribution in [2.24, 2.45) is 11.8 Å². The Morgan fingerprint density at radius 2 is 2.00 bits per heavy atom. The van der Waals surface area contributed by atoms with Gasteiger partial charge in [0.05, 0.1) is 23.1 Å². The number of nitrogens with zero attached hydrogens (tertiary/aromatic N) is 3. The Hall–Kier alpha value is -2.05. The van der Waals surface area contributed by atoms with Crippen molar-refractivity contribution >= 4 is 23.2 Å². The van der Waals surface area contributed by atoms with Crippen LogP contribution in [-0.4, -0.2) is 40.4 Å². The molecule has 0 bridgehead atoms. The molecule has 0 amide bonds. The van der Waals surface area contributed by atoms with E-state index in [9.17, 15) is 4.79 Å². The van der Waals surface area contributed by atoms with Crippen LogP contribution in [0.3, 0.4) is 0 Å². The number of rotatable bonds is 7. The van der Waals surface area contributed by atoms with E-state index in [1.165, 1.54) is 32.1 Å². The van der Waals surface area contributed by atoms with E-state index in [0.717, 1.165) is 49.6 Å². The van der Waals surface area contributed by atoms with Crippen LogP contribution in [0.4, 0.5) is 5.82 Å². The van der Waals surface area contributed by atoms with Gasteiger partial charge in [-0.05, 0) is 44.2 Å². The van der Waals surface area contributed by atoms with Gasteiger partial charge in [0.1, 0.15) is 11.6 Å². The van der Waals surface area contributed by atoms with Crippen molar-refractivity contribution in [3.05, 3.63) is 35.4 Å². The fourth-order valence-electron chi connectivity index (χ4n) is 4.45. The van der Waals surface area contributed by atoms with E-state index in [2.05, 4.69) is 20.6 Å². The lowest BCUT2D eigenvalue weighted by atomic mass is 9.89. The molecule has 2 N–H and O–H groups in total. The molecule has 0 unspecified atom stereocenters. The van der Waals surface area contributed by atoms with E-state index >= 15 is 0 Å². The largest absolute Gasteiger partial charge is 0.368 e. The van der Waals surface area contributed by atoms with Gasteiger partial charge in [0.25, 0.3) is 0 Å². The molecule has 1 aliphatic carbocycles. The van der Waals surface area contributed by atoms with Crippen molar-refractivity contribution in [1.82, 2.24) is 20.3 Å². The van der Waals surface area contributed by atoms with Crippen molar-refractivity contribution in [3.63, 3.8) is 0 Å². The molecule has 2 fully saturated rings. The molecule has 1 aliphatic heterocycles. The number of ketones is 1. The fourth-order valence-corrected chi connectivity index (χ4v) is 4.65. The average molecular weight is 428 g/mol. The Kier molecular flexibility index (Phi) is 7.28. The smallest absolute Gasteiger partial charge is 0.145 e. The first-order chi connectivity index (χ1) is 14.7. The van der Waals surface area contributed by atoms with Crippen LogP contribution in [0.25, 0.3) is 11.3 Å². The highest BCUT2D eigenvalue weighted by molar-refractivity contribution is 6.33. The van der Waals surface area contributed by atoms with Gasteiger partial charge in [0.15, 0.2) is 0 Å². The third-order valence-corrected chi connectivity index (χ3v) is 6.53. The summed E-state index contributed by atoms with van der Waals surface area (Å²) in [5, 5.41) is 7.26. The van der Waals surface area contributed by atoms with Crippen LogP contribution in [0.15, 0.2) is 24.7 Å². The van der Waals surface area contributed by atoms with Crippen molar-refractivity contribution < 1.29 is 4.79 Å². The summed E-state index contributed by atoms with van der Waals surface area (Å²) in [4.78, 5) is 26.1. The topological polar surface area (TPSA) is 79.8 Å². The Morgan fingerprint density at radius 3 is 2.80 bits per heavy atom. The van der Waals surface area contributed by atoms with Crippen LogP contribution in [0.1, 0.15) is 50.6 Å². The monoisotopic (exact) mass is 427 g/mol. The van der Waals surface area contributed by atoms with Crippen LogP contribution in [0.5, 0.6) is 0 Å². The van der Waals surface area contributed by atoms with Gasteiger partial charge < -0.3 is 10.6 Å². The lowest BCUT2D eigenvalue weighted by molar-refractivity contribution is -0.122. The Morgan fingerprint density at radius 1 is 1.13 bits per heavy atom. The molecule has 1 saturated carbocycles. The standard InChI is InChI=1S/C23H30ClN5O/c24-20-13-27-18(10-22(30)17-7-4-8-25-12-17)9-19(20)21-14-26-15-23(29-21)28-11-16-5-2-1-3-6-16/h9,13-17,25H,1-8,10-12H2,(H,28,29)/t17-/m0/s1. The molecule has 0 aromatic carbocycles. The molecule has 3 heterocycles. The van der Waals surface area contributed by atoms with Crippen LogP contribution < -0.4 is 10.6 Å². The number of carbonyl (C=O) groups excluding carboxylic acids is 1. The number of Topliss-reactive ketones (excluding diaryl/α,β-unsaturated/α-hetero) is 1. The molecule has 1 saturated heterocycles. The minimum Gasteiger partial charge on any atom is -0.368 e. The maximum Gasteiger partial charge on any atom is 0.145 e. The van der Waals surface area contributed by atoms with Gasteiger partial charge in [-0.25, -0.2) is 4.98 Å². The van der Waals surface area contributed by atoms with Gasteiger partial charge in [0, 0.05) is 42.9 Å². The summed E-state index contributed by atoms with van der Waals surface area (Å²) in [5.74, 6) is 1.78. The van der Waals surface area contributed by atoms with Crippen LogP contribution in [0, 0.1) is 11.8 Å². The Labute approximate surface area is 183 Å². The van der Waals surface area contributed by atoms with Gasteiger partial charge >= 0.3 is 0 Å². The van der Waals surface area contributed by atoms with E-state index in [0.29, 0.717) is 23.1 Å². The number of piperidine rings is 1. The minimum atomic E-state index is 0.0757. The van der Waals surface area contributed by atoms with Crippen molar-refractivity contribution in [2.45, 2.75) is 51.4 Å². The summed E-state index contributed by atoms with van der Waals surface area (Å²) >= 11 is 6.42. The normalized spacial score (nSPS) is 20.1. The molecule has 160 valence electrons. The summed E-state index contributed by atoms with van der Waals surface area (Å²) in [7, 11) is 0. The lowest BCUT2D eigenvalue weighted by Crippen LogP contribution is -2.35. The van der Waals surface area contributed by atoms with Crippen molar-refractivity contribution in [3.8, 4) is 11.3 Å². The first-order valence-electron chi connectivity index (χ1n) is 11.1. The molecule has 2 aromatic rings. The number of halogens is 1. The van der Waals surface area contributed by atoms with Crippen molar-refractivity contribution in [1.29, 1.82) is 0 Å². The summed E-state index contributed by atoms with van der Waals surface area (Å²) in [5.41, 5.74) is 2.20. The Bertz CT molecular complexity index is 862. The number of aromatic nitrogens is 3. The highest BCUT2D eigenvalue weighted by Gasteiger charge is 2.22. The second-order valence-corrected chi connectivity index (χ2v) is 8.92. The number of anilines is 1. The fraction of sp³-hybridized carbons (Fsp3) is 0.565. The second kappa shape index (κ2) is 10.3. The summed E-state index contributed by atoms with van der Waals surface area (Å²) in [6.45, 7) is 2.69. The second-order valence-electron chi connectivity index (χ2n) is 8.52. The lowest BCUT2D eigenvalue weighted by Gasteiger charge is -2.22. The van der Waals surface area contributed by atoms with Gasteiger partial charge in [0.2, 0.25) is 0 Å². The predicted molar refractivity (Wildman–Crippen MR) is 120 cm³/mol. The van der Waals surface area contributed by atoms with E-state index in [-0.39, 0.29) is 11.7 Å². The first kappa shape index (κ1) is 21.2. The summed E-state index contributed by atoms with van der Waals surface area (Å²) in [6.07, 6.45) is 14.0. The van der Waals surface area contributed by atoms with Crippen molar-refractivity contribution in [2.75, 3.05) is 25.0 Å². The third kappa shape index (κ3) is 5.55. The minimum absolute atomic E-state index is 0.0757. The summed E-state index contributed by atoms with van der Waals surface area (Å²) in [6, 6.07) is 1.88. The van der Waals surface area contributed by atoms with Crippen LogP contribution >= 0.6 is 11.6 Å². The first-order valence-corrected chi connectivity index (χ1v) is 11.5. The molecule has 7 heteroatoms. The quantitative estimate of drug-likeness (QED) is 0.685. The molecule has 0 radical (unpaired) electrons. The SMILES string of the molecule is O=C(Cc1cc(-c2cncc(NCC3CCCCC3)n2)c(Cl)cn1)[C@H]1CCCNC1. The molecule has 1 atom stereocenters. The third-order valence-electron chi connectivity index (χ3n) is 6.23. The maximum absolute atomic E-state index is 12.6. The number of nitrogens with one attached hydrogen (secondary N) is 2. The van der Waals surface area contributed by atoms with Crippen LogP contribution in [-0.2, 0) is 11.2 Å². The van der Waals surface area contributed by atoms with E-state index < -0.39 is 0 Å². The van der Waals surface area contributed by atoms with E-state index in [1.807, 2.05) is 6.07 Å². The molecule has 30 heavy (non-hydrogen) atoms. The van der Waals surface area contributed by atoms with Gasteiger partial charge in [-0.3, -0.25) is 14.8 Å². The van der Waals surface area contributed by atoms with Gasteiger partial charge in [-0.2, -0.15) is 0 Å². The van der Waals surface area contributed by atoms with E-state index in [1.54, 1.807) is 18.6 Å². The molecule has 2 aliphatic rings. The van der Waals surface area contributed by atoms with Crippen LogP contribution in [0.2, 0.25) is 5.02 Å². The Balaban J connectivity index is 1.45. The predicted octanol–water partition coefficient (Wildman–Crippen LogP) is 4.30. The molecular weight excluding hydrogens is 398 g/mol.